The normalized spacial score (nSPS) is 11.0. The van der Waals surface area contributed by atoms with Gasteiger partial charge >= 0.3 is 0 Å². The Morgan fingerprint density at radius 1 is 1.09 bits per heavy atom. The zero-order valence-electron chi connectivity index (χ0n) is 11.4. The molecule has 22 heavy (non-hydrogen) atoms. The first kappa shape index (κ1) is 16.4. The molecule has 0 aliphatic carbocycles. The van der Waals surface area contributed by atoms with Crippen molar-refractivity contribution in [3.05, 3.63) is 58.3 Å². The number of anilines is 2. The highest BCUT2D eigenvalue weighted by molar-refractivity contribution is 9.10. The number of carbonyl (C=O) groups excluding carboxylic acids is 1. The quantitative estimate of drug-likeness (QED) is 0.846. The van der Waals surface area contributed by atoms with Gasteiger partial charge in [-0.1, -0.05) is 0 Å². The molecular formula is C14H12BrFN2O3S. The molecule has 0 atom stereocenters. The van der Waals surface area contributed by atoms with Gasteiger partial charge in [-0.3, -0.25) is 9.52 Å². The first-order chi connectivity index (χ1) is 10.2. The average molecular weight is 387 g/mol. The zero-order chi connectivity index (χ0) is 16.3. The second-order valence-electron chi connectivity index (χ2n) is 4.53. The van der Waals surface area contributed by atoms with Crippen LogP contribution in [-0.4, -0.2) is 20.6 Å². The van der Waals surface area contributed by atoms with Gasteiger partial charge in [0.15, 0.2) is 0 Å². The number of hydrogen-bond acceptors (Lipinski definition) is 3. The molecule has 0 fully saturated rings. The molecule has 116 valence electrons. The Morgan fingerprint density at radius 2 is 1.68 bits per heavy atom. The molecule has 0 unspecified atom stereocenters. The van der Waals surface area contributed by atoms with Gasteiger partial charge in [0.1, 0.15) is 5.82 Å². The number of nitrogens with one attached hydrogen (secondary N) is 2. The lowest BCUT2D eigenvalue weighted by atomic mass is 10.2. The molecule has 1 amide bonds. The van der Waals surface area contributed by atoms with Crippen LogP contribution in [0.15, 0.2) is 46.9 Å². The summed E-state index contributed by atoms with van der Waals surface area (Å²) in [6.07, 6.45) is 1.05. The lowest BCUT2D eigenvalue weighted by Crippen LogP contribution is -2.12. The first-order valence-electron chi connectivity index (χ1n) is 6.09. The van der Waals surface area contributed by atoms with Crippen LogP contribution in [-0.2, 0) is 10.0 Å². The van der Waals surface area contributed by atoms with Crippen molar-refractivity contribution >= 4 is 43.2 Å². The Labute approximate surface area is 135 Å². The van der Waals surface area contributed by atoms with E-state index in [1.165, 1.54) is 24.3 Å². The van der Waals surface area contributed by atoms with Crippen molar-refractivity contribution in [3.63, 3.8) is 0 Å². The van der Waals surface area contributed by atoms with Crippen molar-refractivity contribution in [3.8, 4) is 0 Å². The van der Waals surface area contributed by atoms with Gasteiger partial charge in [-0.2, -0.15) is 0 Å². The Kier molecular flexibility index (Phi) is 4.82. The van der Waals surface area contributed by atoms with Gasteiger partial charge in [-0.15, -0.1) is 0 Å². The molecule has 2 rings (SSSR count). The van der Waals surface area contributed by atoms with Crippen LogP contribution in [0.2, 0.25) is 0 Å². The van der Waals surface area contributed by atoms with Gasteiger partial charge in [0.05, 0.1) is 10.7 Å². The van der Waals surface area contributed by atoms with E-state index in [0.29, 0.717) is 11.4 Å². The van der Waals surface area contributed by atoms with E-state index in [2.05, 4.69) is 26.0 Å². The molecule has 0 saturated carbocycles. The summed E-state index contributed by atoms with van der Waals surface area (Å²) in [4.78, 5) is 12.0. The highest BCUT2D eigenvalue weighted by Crippen LogP contribution is 2.18. The monoisotopic (exact) mass is 386 g/mol. The molecule has 0 aliphatic heterocycles. The highest BCUT2D eigenvalue weighted by atomic mass is 79.9. The summed E-state index contributed by atoms with van der Waals surface area (Å²) in [5, 5.41) is 2.60. The van der Waals surface area contributed by atoms with E-state index < -0.39 is 21.7 Å². The van der Waals surface area contributed by atoms with E-state index in [1.54, 1.807) is 12.1 Å². The van der Waals surface area contributed by atoms with Crippen molar-refractivity contribution < 1.29 is 17.6 Å². The maximum atomic E-state index is 13.4. The number of amides is 1. The Bertz CT molecular complexity index is 807. The molecule has 2 aromatic rings. The third kappa shape index (κ3) is 4.54. The lowest BCUT2D eigenvalue weighted by molar-refractivity contribution is 0.102. The zero-order valence-corrected chi connectivity index (χ0v) is 13.8. The predicted octanol–water partition coefficient (Wildman–Crippen LogP) is 3.21. The first-order valence-corrected chi connectivity index (χ1v) is 8.77. The number of benzene rings is 2. The van der Waals surface area contributed by atoms with Gasteiger partial charge in [0, 0.05) is 16.9 Å². The van der Waals surface area contributed by atoms with Gasteiger partial charge in [-0.05, 0) is 58.4 Å². The highest BCUT2D eigenvalue weighted by Gasteiger charge is 2.09. The summed E-state index contributed by atoms with van der Waals surface area (Å²) in [5.41, 5.74) is 1.03. The molecule has 0 spiro atoms. The van der Waals surface area contributed by atoms with E-state index in [0.717, 1.165) is 12.3 Å². The summed E-state index contributed by atoms with van der Waals surface area (Å²) in [6.45, 7) is 0. The van der Waals surface area contributed by atoms with Gasteiger partial charge in [0.2, 0.25) is 10.0 Å². The molecule has 5 nitrogen and oxygen atoms in total. The smallest absolute Gasteiger partial charge is 0.255 e. The van der Waals surface area contributed by atoms with Crippen LogP contribution in [0, 0.1) is 5.82 Å². The number of halogens is 2. The van der Waals surface area contributed by atoms with Gasteiger partial charge < -0.3 is 5.32 Å². The average Bonchev–Trinajstić information content (AvgIpc) is 2.42. The maximum Gasteiger partial charge on any atom is 0.255 e. The van der Waals surface area contributed by atoms with Crippen LogP contribution in [0.4, 0.5) is 15.8 Å². The van der Waals surface area contributed by atoms with Crippen LogP contribution >= 0.6 is 15.9 Å². The molecule has 0 heterocycles. The standard InChI is InChI=1S/C14H12BrFN2O3S/c1-22(20,21)18-11-5-3-10(4-6-11)17-14(19)9-2-7-12(15)13(16)8-9/h2-8,18H,1H3,(H,17,19). The fraction of sp³-hybridized carbons (Fsp3) is 0.0714. The maximum absolute atomic E-state index is 13.4. The molecule has 0 bridgehead atoms. The topological polar surface area (TPSA) is 75.3 Å². The third-order valence-corrected chi connectivity index (χ3v) is 3.88. The van der Waals surface area contributed by atoms with E-state index >= 15 is 0 Å². The Hall–Kier alpha value is -1.93. The van der Waals surface area contributed by atoms with Gasteiger partial charge in [-0.25, -0.2) is 12.8 Å². The SMILES string of the molecule is CS(=O)(=O)Nc1ccc(NC(=O)c2ccc(Br)c(F)c2)cc1. The van der Waals surface area contributed by atoms with Crippen molar-refractivity contribution in [1.29, 1.82) is 0 Å². The fourth-order valence-electron chi connectivity index (χ4n) is 1.68. The van der Waals surface area contributed by atoms with Crippen molar-refractivity contribution in [2.75, 3.05) is 16.3 Å². The molecule has 2 N–H and O–H groups in total. The lowest BCUT2D eigenvalue weighted by Gasteiger charge is -2.08. The Balaban J connectivity index is 2.10. The molecule has 0 aliphatic rings. The van der Waals surface area contributed by atoms with Crippen LogP contribution in [0.5, 0.6) is 0 Å². The summed E-state index contributed by atoms with van der Waals surface area (Å²) >= 11 is 3.01. The number of sulfonamides is 1. The minimum absolute atomic E-state index is 0.180. The number of rotatable bonds is 4. The summed E-state index contributed by atoms with van der Waals surface area (Å²) in [7, 11) is -3.35. The molecule has 8 heteroatoms. The van der Waals surface area contributed by atoms with Crippen LogP contribution in [0.25, 0.3) is 0 Å². The number of hydrogen-bond donors (Lipinski definition) is 2. The van der Waals surface area contributed by atoms with Crippen molar-refractivity contribution in [2.45, 2.75) is 0 Å². The second kappa shape index (κ2) is 6.45. The minimum Gasteiger partial charge on any atom is -0.322 e. The van der Waals surface area contributed by atoms with Crippen molar-refractivity contribution in [2.24, 2.45) is 0 Å². The van der Waals surface area contributed by atoms with E-state index in [9.17, 15) is 17.6 Å². The predicted molar refractivity (Wildman–Crippen MR) is 87.0 cm³/mol. The Morgan fingerprint density at radius 3 is 2.23 bits per heavy atom. The summed E-state index contributed by atoms with van der Waals surface area (Å²) in [6, 6.07) is 10.2. The minimum atomic E-state index is -3.35. The summed E-state index contributed by atoms with van der Waals surface area (Å²) < 4.78 is 38.2. The van der Waals surface area contributed by atoms with E-state index in [4.69, 9.17) is 0 Å². The molecule has 0 aromatic heterocycles. The molecule has 0 saturated heterocycles. The molecular weight excluding hydrogens is 375 g/mol. The van der Waals surface area contributed by atoms with E-state index in [-0.39, 0.29) is 10.0 Å². The van der Waals surface area contributed by atoms with E-state index in [1.807, 2.05) is 0 Å². The third-order valence-electron chi connectivity index (χ3n) is 2.63. The van der Waals surface area contributed by atoms with Crippen molar-refractivity contribution in [1.82, 2.24) is 0 Å². The molecule has 2 aromatic carbocycles. The van der Waals surface area contributed by atoms with Crippen LogP contribution in [0.1, 0.15) is 10.4 Å². The van der Waals surface area contributed by atoms with Gasteiger partial charge in [0.25, 0.3) is 5.91 Å². The summed E-state index contributed by atoms with van der Waals surface area (Å²) in [5.74, 6) is -0.990. The number of carbonyl (C=O) groups is 1. The fourth-order valence-corrected chi connectivity index (χ4v) is 2.49. The molecule has 0 radical (unpaired) electrons. The van der Waals surface area contributed by atoms with Crippen LogP contribution in [0.3, 0.4) is 0 Å². The second-order valence-corrected chi connectivity index (χ2v) is 7.14. The largest absolute Gasteiger partial charge is 0.322 e. The van der Waals surface area contributed by atoms with Crippen LogP contribution < -0.4 is 10.0 Å².